The third-order valence-electron chi connectivity index (χ3n) is 3.93. The lowest BCUT2D eigenvalue weighted by molar-refractivity contribution is -0.118. The quantitative estimate of drug-likeness (QED) is 0.495. The van der Waals surface area contributed by atoms with Gasteiger partial charge >= 0.3 is 5.97 Å². The molecule has 1 N–H and O–H groups in total. The average molecular weight is 463 g/mol. The zero-order chi connectivity index (χ0) is 20.1. The number of carbonyl (C=O) groups is 2. The Morgan fingerprint density at radius 2 is 1.89 bits per heavy atom. The summed E-state index contributed by atoms with van der Waals surface area (Å²) in [6.07, 6.45) is 0. The van der Waals surface area contributed by atoms with Crippen LogP contribution in [0.1, 0.15) is 17.3 Å². The van der Waals surface area contributed by atoms with Gasteiger partial charge in [0, 0.05) is 5.69 Å². The second-order valence-corrected chi connectivity index (χ2v) is 7.05. The van der Waals surface area contributed by atoms with Crippen molar-refractivity contribution in [3.63, 3.8) is 0 Å². The largest absolute Gasteiger partial charge is 0.483 e. The SMILES string of the molecule is CCOC(=O)c1ccc(NC(=O)COc2ccc3ccccc3c2Br)cc1Cl. The van der Waals surface area contributed by atoms with Gasteiger partial charge in [-0.25, -0.2) is 4.79 Å². The number of benzene rings is 3. The average Bonchev–Trinajstić information content (AvgIpc) is 2.68. The Morgan fingerprint density at radius 3 is 2.64 bits per heavy atom. The van der Waals surface area contributed by atoms with Crippen LogP contribution in [0.25, 0.3) is 10.8 Å². The summed E-state index contributed by atoms with van der Waals surface area (Å²) in [6.45, 7) is 1.80. The van der Waals surface area contributed by atoms with Crippen LogP contribution >= 0.6 is 27.5 Å². The van der Waals surface area contributed by atoms with Crippen LogP contribution in [-0.4, -0.2) is 25.1 Å². The molecule has 0 aliphatic heterocycles. The monoisotopic (exact) mass is 461 g/mol. The zero-order valence-corrected chi connectivity index (χ0v) is 17.3. The molecule has 28 heavy (non-hydrogen) atoms. The second kappa shape index (κ2) is 9.08. The molecule has 7 heteroatoms. The van der Waals surface area contributed by atoms with E-state index in [0.717, 1.165) is 15.2 Å². The fourth-order valence-corrected chi connectivity index (χ4v) is 3.50. The molecule has 0 unspecified atom stereocenters. The molecule has 0 atom stereocenters. The molecule has 144 valence electrons. The number of fused-ring (bicyclic) bond motifs is 1. The number of hydrogen-bond donors (Lipinski definition) is 1. The minimum Gasteiger partial charge on any atom is -0.483 e. The molecule has 3 aromatic rings. The first-order valence-corrected chi connectivity index (χ1v) is 9.73. The predicted molar refractivity (Wildman–Crippen MR) is 113 cm³/mol. The minimum atomic E-state index is -0.505. The lowest BCUT2D eigenvalue weighted by Crippen LogP contribution is -2.20. The first-order chi connectivity index (χ1) is 13.5. The standard InChI is InChI=1S/C21H17BrClNO4/c1-2-27-21(26)16-9-8-14(11-17(16)23)24-19(25)12-28-18-10-7-13-5-3-4-6-15(13)20(18)22/h3-11H,2,12H2,1H3,(H,24,25). The molecule has 3 rings (SSSR count). The molecule has 0 radical (unpaired) electrons. The number of esters is 1. The number of amides is 1. The molecule has 5 nitrogen and oxygen atoms in total. The van der Waals surface area contributed by atoms with Crippen molar-refractivity contribution in [2.45, 2.75) is 6.92 Å². The molecule has 0 aromatic heterocycles. The second-order valence-electron chi connectivity index (χ2n) is 5.85. The van der Waals surface area contributed by atoms with Crippen LogP contribution in [0.5, 0.6) is 5.75 Å². The van der Waals surface area contributed by atoms with E-state index in [1.54, 1.807) is 13.0 Å². The van der Waals surface area contributed by atoms with E-state index in [1.807, 2.05) is 36.4 Å². The highest BCUT2D eigenvalue weighted by molar-refractivity contribution is 9.10. The smallest absolute Gasteiger partial charge is 0.339 e. The highest BCUT2D eigenvalue weighted by atomic mass is 79.9. The number of rotatable bonds is 6. The highest BCUT2D eigenvalue weighted by Crippen LogP contribution is 2.33. The van der Waals surface area contributed by atoms with Gasteiger partial charge in [0.1, 0.15) is 5.75 Å². The topological polar surface area (TPSA) is 64.6 Å². The predicted octanol–water partition coefficient (Wildman–Crippen LogP) is 5.45. The summed E-state index contributed by atoms with van der Waals surface area (Å²) in [5.74, 6) is -0.278. The van der Waals surface area contributed by atoms with E-state index in [-0.39, 0.29) is 29.7 Å². The number of anilines is 1. The first-order valence-electron chi connectivity index (χ1n) is 8.56. The molecule has 0 saturated carbocycles. The van der Waals surface area contributed by atoms with Crippen molar-refractivity contribution in [1.29, 1.82) is 0 Å². The molecule has 0 fully saturated rings. The molecule has 0 spiro atoms. The van der Waals surface area contributed by atoms with Crippen LogP contribution in [0.4, 0.5) is 5.69 Å². The summed E-state index contributed by atoms with van der Waals surface area (Å²) < 4.78 is 11.4. The minimum absolute atomic E-state index is 0.172. The van der Waals surface area contributed by atoms with E-state index >= 15 is 0 Å². The lowest BCUT2D eigenvalue weighted by atomic mass is 10.1. The third kappa shape index (κ3) is 4.64. The summed E-state index contributed by atoms with van der Waals surface area (Å²) in [6, 6.07) is 16.2. The highest BCUT2D eigenvalue weighted by Gasteiger charge is 2.13. The Bertz CT molecular complexity index is 1040. The van der Waals surface area contributed by atoms with Crippen molar-refractivity contribution >= 4 is 55.9 Å². The molecular formula is C21H17BrClNO4. The summed E-state index contributed by atoms with van der Waals surface area (Å²) >= 11 is 9.63. The van der Waals surface area contributed by atoms with Crippen LogP contribution in [0.2, 0.25) is 5.02 Å². The fraction of sp³-hybridized carbons (Fsp3) is 0.143. The van der Waals surface area contributed by atoms with Crippen LogP contribution < -0.4 is 10.1 Å². The summed E-state index contributed by atoms with van der Waals surface area (Å²) in [5.41, 5.74) is 0.710. The molecule has 0 aliphatic rings. The maximum atomic E-state index is 12.2. The summed E-state index contributed by atoms with van der Waals surface area (Å²) in [7, 11) is 0. The van der Waals surface area contributed by atoms with Crippen LogP contribution in [0, 0.1) is 0 Å². The maximum Gasteiger partial charge on any atom is 0.339 e. The zero-order valence-electron chi connectivity index (χ0n) is 15.0. The van der Waals surface area contributed by atoms with E-state index in [0.29, 0.717) is 11.4 Å². The van der Waals surface area contributed by atoms with Gasteiger partial charge in [0.05, 0.1) is 21.7 Å². The van der Waals surface area contributed by atoms with Crippen molar-refractivity contribution in [2.75, 3.05) is 18.5 Å². The van der Waals surface area contributed by atoms with E-state index in [2.05, 4.69) is 21.2 Å². The number of halogens is 2. The molecule has 0 saturated heterocycles. The van der Waals surface area contributed by atoms with Crippen molar-refractivity contribution in [3.8, 4) is 5.75 Å². The van der Waals surface area contributed by atoms with Gasteiger partial charge in [-0.05, 0) is 57.9 Å². The van der Waals surface area contributed by atoms with E-state index in [4.69, 9.17) is 21.1 Å². The van der Waals surface area contributed by atoms with Gasteiger partial charge in [0.2, 0.25) is 0 Å². The van der Waals surface area contributed by atoms with E-state index in [9.17, 15) is 9.59 Å². The van der Waals surface area contributed by atoms with Crippen molar-refractivity contribution < 1.29 is 19.1 Å². The molecule has 1 amide bonds. The van der Waals surface area contributed by atoms with E-state index in [1.165, 1.54) is 12.1 Å². The Kier molecular flexibility index (Phi) is 6.54. The van der Waals surface area contributed by atoms with Crippen LogP contribution in [0.3, 0.4) is 0 Å². The van der Waals surface area contributed by atoms with Crippen LogP contribution in [-0.2, 0) is 9.53 Å². The molecular weight excluding hydrogens is 446 g/mol. The van der Waals surface area contributed by atoms with Gasteiger partial charge in [0.25, 0.3) is 5.91 Å². The Balaban J connectivity index is 1.64. The number of nitrogens with one attached hydrogen (secondary N) is 1. The number of hydrogen-bond acceptors (Lipinski definition) is 4. The van der Waals surface area contributed by atoms with Gasteiger partial charge in [-0.2, -0.15) is 0 Å². The molecule has 3 aromatic carbocycles. The normalized spacial score (nSPS) is 10.5. The first kappa shape index (κ1) is 20.2. The van der Waals surface area contributed by atoms with Gasteiger partial charge < -0.3 is 14.8 Å². The Hall–Kier alpha value is -2.57. The van der Waals surface area contributed by atoms with Crippen molar-refractivity contribution in [2.24, 2.45) is 0 Å². The van der Waals surface area contributed by atoms with Crippen LogP contribution in [0.15, 0.2) is 59.1 Å². The summed E-state index contributed by atoms with van der Waals surface area (Å²) in [4.78, 5) is 24.0. The van der Waals surface area contributed by atoms with E-state index < -0.39 is 5.97 Å². The maximum absolute atomic E-state index is 12.2. The van der Waals surface area contributed by atoms with Gasteiger partial charge in [-0.1, -0.05) is 41.9 Å². The van der Waals surface area contributed by atoms with Gasteiger partial charge in [0.15, 0.2) is 6.61 Å². The Labute approximate surface area is 175 Å². The summed E-state index contributed by atoms with van der Waals surface area (Å²) in [5, 5.41) is 4.97. The van der Waals surface area contributed by atoms with Crippen molar-refractivity contribution in [1.82, 2.24) is 0 Å². The molecule has 0 aliphatic carbocycles. The van der Waals surface area contributed by atoms with Gasteiger partial charge in [-0.3, -0.25) is 4.79 Å². The number of ether oxygens (including phenoxy) is 2. The third-order valence-corrected chi connectivity index (χ3v) is 5.07. The Morgan fingerprint density at radius 1 is 1.11 bits per heavy atom. The van der Waals surface area contributed by atoms with Gasteiger partial charge in [-0.15, -0.1) is 0 Å². The molecule has 0 bridgehead atoms. The lowest BCUT2D eigenvalue weighted by Gasteiger charge is -2.11. The van der Waals surface area contributed by atoms with Crippen molar-refractivity contribution in [3.05, 3.63) is 69.7 Å². The molecule has 0 heterocycles. The fourth-order valence-electron chi connectivity index (χ4n) is 2.63. The number of carbonyl (C=O) groups excluding carboxylic acids is 2.